The van der Waals surface area contributed by atoms with Gasteiger partial charge in [-0.3, -0.25) is 4.90 Å². The average molecular weight is 311 g/mol. The summed E-state index contributed by atoms with van der Waals surface area (Å²) < 4.78 is 5.90. The quantitative estimate of drug-likeness (QED) is 0.465. The number of nitriles is 1. The molecule has 4 nitrogen and oxygen atoms in total. The Balaban J connectivity index is 1.70. The zero-order valence-electron chi connectivity index (χ0n) is 12.8. The Bertz CT molecular complexity index is 1120. The van der Waals surface area contributed by atoms with Crippen molar-refractivity contribution < 1.29 is 4.42 Å². The van der Waals surface area contributed by atoms with Gasteiger partial charge < -0.3 is 9.32 Å². The third kappa shape index (κ3) is 1.73. The minimum absolute atomic E-state index is 0.525. The topological polar surface area (TPSA) is 43.4 Å². The summed E-state index contributed by atoms with van der Waals surface area (Å²) in [6.07, 6.45) is 2.25. The van der Waals surface area contributed by atoms with Gasteiger partial charge >= 0.3 is 0 Å². The van der Waals surface area contributed by atoms with Crippen molar-refractivity contribution in [3.63, 3.8) is 0 Å². The van der Waals surface area contributed by atoms with Crippen LogP contribution in [0.1, 0.15) is 0 Å². The Kier molecular flexibility index (Phi) is 2.59. The number of nitrogens with zero attached hydrogens (tertiary/aromatic N) is 3. The Labute approximate surface area is 138 Å². The van der Waals surface area contributed by atoms with Crippen LogP contribution in [0.2, 0.25) is 0 Å². The van der Waals surface area contributed by atoms with E-state index >= 15 is 0 Å². The van der Waals surface area contributed by atoms with Gasteiger partial charge in [0.05, 0.1) is 11.4 Å². The number of hydrogen-bond donors (Lipinski definition) is 0. The smallest absolute Gasteiger partial charge is 0.186 e. The highest BCUT2D eigenvalue weighted by molar-refractivity contribution is 6.06. The molecule has 5 rings (SSSR count). The summed E-state index contributed by atoms with van der Waals surface area (Å²) in [5.41, 5.74) is 4.82. The summed E-state index contributed by atoms with van der Waals surface area (Å²) in [6.45, 7) is 0.525. The fraction of sp³-hybridized carbons (Fsp3) is 0.0500. The predicted octanol–water partition coefficient (Wildman–Crippen LogP) is 4.98. The van der Waals surface area contributed by atoms with Crippen molar-refractivity contribution >= 4 is 39.0 Å². The molecule has 0 aliphatic carbocycles. The van der Waals surface area contributed by atoms with Crippen molar-refractivity contribution in [3.8, 4) is 6.19 Å². The maximum atomic E-state index is 9.39. The fourth-order valence-corrected chi connectivity index (χ4v) is 3.40. The number of para-hydroxylation sites is 3. The summed E-state index contributed by atoms with van der Waals surface area (Å²) >= 11 is 0. The van der Waals surface area contributed by atoms with Crippen LogP contribution in [0.4, 0.5) is 17.1 Å². The molecule has 0 N–H and O–H groups in total. The number of hydrogen-bond acceptors (Lipinski definition) is 4. The first-order valence-electron chi connectivity index (χ1n) is 7.80. The van der Waals surface area contributed by atoms with E-state index in [4.69, 9.17) is 4.42 Å². The van der Waals surface area contributed by atoms with E-state index in [0.717, 1.165) is 39.0 Å². The second kappa shape index (κ2) is 4.77. The number of fused-ring (bicyclic) bond motifs is 4. The average Bonchev–Trinajstić information content (AvgIpc) is 3.19. The van der Waals surface area contributed by atoms with Crippen LogP contribution in [0.5, 0.6) is 0 Å². The molecule has 114 valence electrons. The van der Waals surface area contributed by atoms with Crippen molar-refractivity contribution in [3.05, 3.63) is 66.7 Å². The van der Waals surface area contributed by atoms with Crippen LogP contribution in [0.15, 0.2) is 71.1 Å². The predicted molar refractivity (Wildman–Crippen MR) is 95.3 cm³/mol. The Morgan fingerprint density at radius 2 is 1.58 bits per heavy atom. The number of furan rings is 1. The monoisotopic (exact) mass is 311 g/mol. The third-order valence-electron chi connectivity index (χ3n) is 4.54. The first kappa shape index (κ1) is 13.0. The first-order chi connectivity index (χ1) is 11.8. The highest BCUT2D eigenvalue weighted by atomic mass is 16.3. The molecule has 24 heavy (non-hydrogen) atoms. The number of rotatable bonds is 1. The first-order valence-corrected chi connectivity index (χ1v) is 7.80. The zero-order chi connectivity index (χ0) is 16.1. The van der Waals surface area contributed by atoms with Gasteiger partial charge in [0.25, 0.3) is 0 Å². The minimum atomic E-state index is 0.525. The van der Waals surface area contributed by atoms with Gasteiger partial charge in [-0.05, 0) is 36.4 Å². The van der Waals surface area contributed by atoms with Crippen LogP contribution < -0.4 is 9.80 Å². The van der Waals surface area contributed by atoms with Gasteiger partial charge in [-0.25, -0.2) is 0 Å². The second-order valence-corrected chi connectivity index (χ2v) is 5.86. The molecule has 1 aliphatic heterocycles. The minimum Gasteiger partial charge on any atom is -0.456 e. The SMILES string of the molecule is N#CN1CN(c2ccc3oc4ccccc4c3c2)c2ccccc21. The molecule has 0 radical (unpaired) electrons. The van der Waals surface area contributed by atoms with E-state index in [9.17, 15) is 5.26 Å². The lowest BCUT2D eigenvalue weighted by atomic mass is 10.1. The molecule has 0 saturated carbocycles. The summed E-state index contributed by atoms with van der Waals surface area (Å²) in [7, 11) is 0. The lowest BCUT2D eigenvalue weighted by molar-refractivity contribution is 0.669. The van der Waals surface area contributed by atoms with Gasteiger partial charge in [0.15, 0.2) is 6.19 Å². The maximum absolute atomic E-state index is 9.39. The van der Waals surface area contributed by atoms with Crippen molar-refractivity contribution in [2.75, 3.05) is 16.5 Å². The van der Waals surface area contributed by atoms with E-state index in [1.54, 1.807) is 4.90 Å². The molecule has 0 saturated heterocycles. The molecule has 1 aromatic heterocycles. The van der Waals surface area contributed by atoms with Gasteiger partial charge in [0.2, 0.25) is 0 Å². The standard InChI is InChI=1S/C20H13N3O/c21-12-22-13-23(18-7-3-2-6-17(18)22)14-9-10-20-16(11-14)15-5-1-4-8-19(15)24-20/h1-11H,13H2. The fourth-order valence-electron chi connectivity index (χ4n) is 3.40. The molecule has 3 aromatic carbocycles. The molecule has 0 fully saturated rings. The second-order valence-electron chi connectivity index (χ2n) is 5.86. The molecular weight excluding hydrogens is 298 g/mol. The summed E-state index contributed by atoms with van der Waals surface area (Å²) in [6, 6.07) is 22.2. The van der Waals surface area contributed by atoms with Crippen LogP contribution in [-0.2, 0) is 0 Å². The largest absolute Gasteiger partial charge is 0.456 e. The number of benzene rings is 3. The lowest BCUT2D eigenvalue weighted by Gasteiger charge is -2.18. The van der Waals surface area contributed by atoms with Crippen LogP contribution in [0.3, 0.4) is 0 Å². The van der Waals surface area contributed by atoms with Gasteiger partial charge in [-0.2, -0.15) is 5.26 Å². The maximum Gasteiger partial charge on any atom is 0.186 e. The zero-order valence-corrected chi connectivity index (χ0v) is 12.8. The summed E-state index contributed by atoms with van der Waals surface area (Å²) in [5.74, 6) is 0. The molecular formula is C20H13N3O. The third-order valence-corrected chi connectivity index (χ3v) is 4.54. The highest BCUT2D eigenvalue weighted by Crippen LogP contribution is 2.41. The van der Waals surface area contributed by atoms with Gasteiger partial charge in [-0.15, -0.1) is 0 Å². The van der Waals surface area contributed by atoms with Gasteiger partial charge in [0.1, 0.15) is 17.8 Å². The molecule has 0 atom stereocenters. The van der Waals surface area contributed by atoms with Crippen LogP contribution in [-0.4, -0.2) is 6.67 Å². The van der Waals surface area contributed by atoms with Crippen molar-refractivity contribution in [1.82, 2.24) is 0 Å². The highest BCUT2D eigenvalue weighted by Gasteiger charge is 2.26. The van der Waals surface area contributed by atoms with E-state index < -0.39 is 0 Å². The summed E-state index contributed by atoms with van der Waals surface area (Å²) in [5, 5.41) is 11.6. The van der Waals surface area contributed by atoms with Crippen molar-refractivity contribution in [1.29, 1.82) is 5.26 Å². The molecule has 1 aliphatic rings. The molecule has 0 bridgehead atoms. The van der Waals surface area contributed by atoms with Gasteiger partial charge in [-0.1, -0.05) is 30.3 Å². The lowest BCUT2D eigenvalue weighted by Crippen LogP contribution is -2.23. The van der Waals surface area contributed by atoms with Crippen LogP contribution in [0, 0.1) is 11.5 Å². The molecule has 0 unspecified atom stereocenters. The molecule has 4 aromatic rings. The molecule has 2 heterocycles. The molecule has 0 spiro atoms. The van der Waals surface area contributed by atoms with E-state index in [2.05, 4.69) is 23.2 Å². The van der Waals surface area contributed by atoms with Crippen molar-refractivity contribution in [2.45, 2.75) is 0 Å². The van der Waals surface area contributed by atoms with Crippen LogP contribution in [0.25, 0.3) is 21.9 Å². The summed E-state index contributed by atoms with van der Waals surface area (Å²) in [4.78, 5) is 3.85. The van der Waals surface area contributed by atoms with Crippen molar-refractivity contribution in [2.24, 2.45) is 0 Å². The van der Waals surface area contributed by atoms with E-state index in [1.165, 1.54) is 0 Å². The Hall–Kier alpha value is -3.45. The molecule has 0 amide bonds. The Morgan fingerprint density at radius 3 is 2.46 bits per heavy atom. The number of anilines is 3. The van der Waals surface area contributed by atoms with Crippen LogP contribution >= 0.6 is 0 Å². The normalized spacial score (nSPS) is 13.5. The van der Waals surface area contributed by atoms with E-state index in [1.807, 2.05) is 54.6 Å². The molecule has 4 heteroatoms. The Morgan fingerprint density at radius 1 is 0.833 bits per heavy atom. The van der Waals surface area contributed by atoms with E-state index in [-0.39, 0.29) is 0 Å². The van der Waals surface area contributed by atoms with E-state index in [0.29, 0.717) is 6.67 Å². The van der Waals surface area contributed by atoms with Gasteiger partial charge in [0, 0.05) is 16.5 Å².